The number of anilines is 1. The molecule has 120 valence electrons. The van der Waals surface area contributed by atoms with Crippen LogP contribution in [0.4, 0.5) is 5.69 Å². The molecule has 2 aromatic rings. The van der Waals surface area contributed by atoms with Crippen LogP contribution in [0.15, 0.2) is 54.6 Å². The molecule has 4 heteroatoms. The minimum Gasteiger partial charge on any atom is -0.481 e. The third-order valence-corrected chi connectivity index (χ3v) is 3.64. The molecule has 0 aromatic heterocycles. The van der Waals surface area contributed by atoms with Gasteiger partial charge in [-0.3, -0.25) is 9.59 Å². The molecule has 2 N–H and O–H groups in total. The first kappa shape index (κ1) is 16.7. The van der Waals surface area contributed by atoms with Crippen molar-refractivity contribution in [3.63, 3.8) is 0 Å². The lowest BCUT2D eigenvalue weighted by Gasteiger charge is -2.20. The van der Waals surface area contributed by atoms with E-state index in [-0.39, 0.29) is 31.1 Å². The van der Waals surface area contributed by atoms with Gasteiger partial charge < -0.3 is 10.4 Å². The normalized spacial score (nSPS) is 11.7. The maximum Gasteiger partial charge on any atom is 0.303 e. The predicted octanol–water partition coefficient (Wildman–Crippen LogP) is 3.97. The summed E-state index contributed by atoms with van der Waals surface area (Å²) in [6.07, 6.45) is 0.213. The van der Waals surface area contributed by atoms with Gasteiger partial charge >= 0.3 is 5.97 Å². The third-order valence-electron chi connectivity index (χ3n) is 3.64. The average Bonchev–Trinajstić information content (AvgIpc) is 2.55. The number of rotatable bonds is 8. The van der Waals surface area contributed by atoms with Crippen LogP contribution in [0.1, 0.15) is 36.4 Å². The Morgan fingerprint density at radius 2 is 1.65 bits per heavy atom. The van der Waals surface area contributed by atoms with Crippen molar-refractivity contribution in [1.82, 2.24) is 0 Å². The number of nitrogens with one attached hydrogen (secondary N) is 1. The maximum atomic E-state index is 12.1. The van der Waals surface area contributed by atoms with Crippen LogP contribution in [-0.2, 0) is 9.59 Å². The molecule has 0 radical (unpaired) electrons. The van der Waals surface area contributed by atoms with E-state index in [0.717, 1.165) is 11.3 Å². The highest BCUT2D eigenvalue weighted by Crippen LogP contribution is 2.24. The molecule has 0 fully saturated rings. The summed E-state index contributed by atoms with van der Waals surface area (Å²) in [5.41, 5.74) is 3.12. The number of benzene rings is 2. The summed E-state index contributed by atoms with van der Waals surface area (Å²) in [6, 6.07) is 17.5. The molecule has 0 saturated carbocycles. The van der Waals surface area contributed by atoms with E-state index in [1.54, 1.807) is 0 Å². The van der Waals surface area contributed by atoms with E-state index in [1.165, 1.54) is 5.56 Å². The Morgan fingerprint density at radius 1 is 1.00 bits per heavy atom. The lowest BCUT2D eigenvalue weighted by Crippen LogP contribution is -2.16. The Kier molecular flexibility index (Phi) is 5.92. The van der Waals surface area contributed by atoms with Crippen molar-refractivity contribution in [3.05, 3.63) is 65.7 Å². The fourth-order valence-electron chi connectivity index (χ4n) is 2.36. The van der Waals surface area contributed by atoms with Crippen molar-refractivity contribution in [1.29, 1.82) is 0 Å². The van der Waals surface area contributed by atoms with Crippen LogP contribution in [0.25, 0.3) is 0 Å². The highest BCUT2D eigenvalue weighted by Gasteiger charge is 2.16. The van der Waals surface area contributed by atoms with Crippen LogP contribution in [0.2, 0.25) is 0 Å². The summed E-state index contributed by atoms with van der Waals surface area (Å²) < 4.78 is 0. The molecule has 1 atom stereocenters. The zero-order chi connectivity index (χ0) is 16.7. The molecule has 23 heavy (non-hydrogen) atoms. The Balaban J connectivity index is 2.10. The van der Waals surface area contributed by atoms with Gasteiger partial charge in [-0.05, 0) is 24.6 Å². The van der Waals surface area contributed by atoms with Crippen LogP contribution in [0.3, 0.4) is 0 Å². The molecular formula is C19H21NO3. The number of Topliss-reactive ketones (excluding diaryl/α,β-unsaturated/α-hetero) is 1. The molecule has 4 nitrogen and oxygen atoms in total. The van der Waals surface area contributed by atoms with Crippen LogP contribution in [-0.4, -0.2) is 16.9 Å². The van der Waals surface area contributed by atoms with Crippen molar-refractivity contribution in [2.75, 3.05) is 5.32 Å². The van der Waals surface area contributed by atoms with Crippen molar-refractivity contribution in [3.8, 4) is 0 Å². The molecule has 0 amide bonds. The molecule has 0 saturated heterocycles. The number of ketones is 1. The predicted molar refractivity (Wildman–Crippen MR) is 90.5 cm³/mol. The number of carbonyl (C=O) groups excluding carboxylic acids is 1. The average molecular weight is 311 g/mol. The third kappa shape index (κ3) is 5.58. The largest absolute Gasteiger partial charge is 0.481 e. The number of hydrogen-bond acceptors (Lipinski definition) is 3. The molecule has 0 bridgehead atoms. The lowest BCUT2D eigenvalue weighted by molar-refractivity contribution is -0.138. The summed E-state index contributed by atoms with van der Waals surface area (Å²) in [6.45, 7) is 2.02. The van der Waals surface area contributed by atoms with Gasteiger partial charge in [-0.1, -0.05) is 48.0 Å². The van der Waals surface area contributed by atoms with Crippen molar-refractivity contribution in [2.24, 2.45) is 0 Å². The van der Waals surface area contributed by atoms with Crippen LogP contribution in [0.5, 0.6) is 0 Å². The molecule has 0 spiro atoms. The van der Waals surface area contributed by atoms with Crippen molar-refractivity contribution < 1.29 is 14.7 Å². The van der Waals surface area contributed by atoms with Crippen LogP contribution < -0.4 is 5.32 Å². The van der Waals surface area contributed by atoms with Gasteiger partial charge in [0.2, 0.25) is 0 Å². The molecular weight excluding hydrogens is 290 g/mol. The van der Waals surface area contributed by atoms with Crippen LogP contribution in [0, 0.1) is 6.92 Å². The van der Waals surface area contributed by atoms with Gasteiger partial charge in [-0.15, -0.1) is 0 Å². The Morgan fingerprint density at radius 3 is 2.26 bits per heavy atom. The summed E-state index contributed by atoms with van der Waals surface area (Å²) in [4.78, 5) is 22.7. The molecule has 0 aliphatic heterocycles. The molecule has 0 aliphatic carbocycles. The van der Waals surface area contributed by atoms with E-state index < -0.39 is 5.97 Å². The van der Waals surface area contributed by atoms with Crippen molar-refractivity contribution in [2.45, 2.75) is 32.2 Å². The quantitative estimate of drug-likeness (QED) is 0.774. The second-order valence-corrected chi connectivity index (χ2v) is 5.61. The number of carbonyl (C=O) groups is 2. The molecule has 0 aliphatic rings. The molecule has 0 heterocycles. The fourth-order valence-corrected chi connectivity index (χ4v) is 2.36. The number of aliphatic carboxylic acids is 1. The Hall–Kier alpha value is -2.62. The minimum atomic E-state index is -0.943. The van der Waals surface area contributed by atoms with E-state index in [2.05, 4.69) is 5.32 Å². The van der Waals surface area contributed by atoms with E-state index in [1.807, 2.05) is 61.5 Å². The minimum absolute atomic E-state index is 0.0548. The number of carboxylic acids is 1. The summed E-state index contributed by atoms with van der Waals surface area (Å²) >= 11 is 0. The van der Waals surface area contributed by atoms with E-state index in [4.69, 9.17) is 5.11 Å². The number of hydrogen-bond donors (Lipinski definition) is 2. The number of carboxylic acid groups (broad SMARTS) is 1. The summed E-state index contributed by atoms with van der Waals surface area (Å²) in [7, 11) is 0. The topological polar surface area (TPSA) is 66.4 Å². The summed E-state index contributed by atoms with van der Waals surface area (Å²) in [5, 5.41) is 12.1. The molecule has 2 rings (SSSR count). The van der Waals surface area contributed by atoms with Gasteiger partial charge in [0.15, 0.2) is 0 Å². The SMILES string of the molecule is Cc1ccc(NC(CC(=O)CCC(=O)O)c2ccccc2)cc1. The summed E-state index contributed by atoms with van der Waals surface area (Å²) in [5.74, 6) is -0.998. The Labute approximate surface area is 136 Å². The van der Waals surface area contributed by atoms with Crippen molar-refractivity contribution >= 4 is 17.4 Å². The van der Waals surface area contributed by atoms with E-state index in [9.17, 15) is 9.59 Å². The zero-order valence-corrected chi connectivity index (χ0v) is 13.2. The lowest BCUT2D eigenvalue weighted by atomic mass is 9.99. The number of aryl methyl sites for hydroxylation is 1. The Bertz CT molecular complexity index is 650. The van der Waals surface area contributed by atoms with Gasteiger partial charge in [0.1, 0.15) is 5.78 Å². The maximum absolute atomic E-state index is 12.1. The van der Waals surface area contributed by atoms with Gasteiger partial charge in [-0.2, -0.15) is 0 Å². The second-order valence-electron chi connectivity index (χ2n) is 5.61. The van der Waals surface area contributed by atoms with E-state index in [0.29, 0.717) is 0 Å². The first-order valence-electron chi connectivity index (χ1n) is 7.66. The van der Waals surface area contributed by atoms with Crippen LogP contribution >= 0.6 is 0 Å². The highest BCUT2D eigenvalue weighted by atomic mass is 16.4. The highest BCUT2D eigenvalue weighted by molar-refractivity contribution is 5.83. The van der Waals surface area contributed by atoms with Gasteiger partial charge in [-0.25, -0.2) is 0 Å². The monoisotopic (exact) mass is 311 g/mol. The standard InChI is InChI=1S/C19H21NO3/c1-14-7-9-16(10-8-14)20-18(15-5-3-2-4-6-15)13-17(21)11-12-19(22)23/h2-10,18,20H,11-13H2,1H3,(H,22,23). The molecule has 2 aromatic carbocycles. The second kappa shape index (κ2) is 8.13. The first-order chi connectivity index (χ1) is 11.0. The van der Waals surface area contributed by atoms with Gasteiger partial charge in [0.05, 0.1) is 12.5 Å². The smallest absolute Gasteiger partial charge is 0.303 e. The fraction of sp³-hybridized carbons (Fsp3) is 0.263. The first-order valence-corrected chi connectivity index (χ1v) is 7.66. The van der Waals surface area contributed by atoms with Gasteiger partial charge in [0.25, 0.3) is 0 Å². The van der Waals surface area contributed by atoms with Gasteiger partial charge in [0, 0.05) is 18.5 Å². The zero-order valence-electron chi connectivity index (χ0n) is 13.2. The molecule has 1 unspecified atom stereocenters. The van der Waals surface area contributed by atoms with E-state index >= 15 is 0 Å².